The molecule has 0 spiro atoms. The number of para-hydroxylation sites is 1. The molecule has 1 aliphatic heterocycles. The van der Waals surface area contributed by atoms with Crippen molar-refractivity contribution in [2.45, 2.75) is 6.42 Å². The average Bonchev–Trinajstić information content (AvgIpc) is 3.17. The van der Waals surface area contributed by atoms with Crippen LogP contribution in [0.3, 0.4) is 0 Å². The number of benzene rings is 2. The molecule has 5 nitrogen and oxygen atoms in total. The van der Waals surface area contributed by atoms with Gasteiger partial charge in [-0.3, -0.25) is 14.6 Å². The van der Waals surface area contributed by atoms with Gasteiger partial charge in [-0.1, -0.05) is 52.7 Å². The Hall–Kier alpha value is -1.70. The number of rotatable bonds is 6. The van der Waals surface area contributed by atoms with E-state index >= 15 is 0 Å². The van der Waals surface area contributed by atoms with Gasteiger partial charge in [-0.05, 0) is 30.7 Å². The summed E-state index contributed by atoms with van der Waals surface area (Å²) in [7, 11) is 0. The smallest absolute Gasteiger partial charge is 0.261 e. The van der Waals surface area contributed by atoms with Crippen LogP contribution in [0.25, 0.3) is 10.2 Å². The van der Waals surface area contributed by atoms with E-state index < -0.39 is 0 Å². The minimum atomic E-state index is -0.146. The van der Waals surface area contributed by atoms with Gasteiger partial charge >= 0.3 is 0 Å². The Kier molecular flexibility index (Phi) is 6.67. The molecule has 29 heavy (non-hydrogen) atoms. The fraction of sp³-hybridized carbons (Fsp3) is 0.333. The summed E-state index contributed by atoms with van der Waals surface area (Å²) in [5.41, 5.74) is 1.20. The van der Waals surface area contributed by atoms with E-state index in [-0.39, 0.29) is 5.91 Å². The van der Waals surface area contributed by atoms with Gasteiger partial charge < -0.3 is 4.74 Å². The number of carbonyl (C=O) groups is 1. The molecule has 0 radical (unpaired) electrons. The van der Waals surface area contributed by atoms with Crippen LogP contribution in [-0.2, 0) is 4.74 Å². The number of nitrogens with zero attached hydrogens (tertiary/aromatic N) is 3. The predicted octanol–water partition coefficient (Wildman–Crippen LogP) is 4.97. The monoisotopic (exact) mass is 449 g/mol. The summed E-state index contributed by atoms with van der Waals surface area (Å²) in [5, 5.41) is 1.67. The van der Waals surface area contributed by atoms with Crippen molar-refractivity contribution in [2.75, 3.05) is 44.3 Å². The van der Waals surface area contributed by atoms with Crippen LogP contribution in [0, 0.1) is 0 Å². The molecule has 0 N–H and O–H groups in total. The van der Waals surface area contributed by atoms with Crippen LogP contribution in [-0.4, -0.2) is 55.2 Å². The van der Waals surface area contributed by atoms with E-state index in [1.165, 1.54) is 11.3 Å². The predicted molar refractivity (Wildman–Crippen MR) is 120 cm³/mol. The van der Waals surface area contributed by atoms with Gasteiger partial charge in [-0.25, -0.2) is 4.98 Å². The van der Waals surface area contributed by atoms with Crippen molar-refractivity contribution < 1.29 is 9.53 Å². The first kappa shape index (κ1) is 20.6. The van der Waals surface area contributed by atoms with Crippen molar-refractivity contribution >= 4 is 55.8 Å². The van der Waals surface area contributed by atoms with Crippen LogP contribution < -0.4 is 4.90 Å². The normalized spacial score (nSPS) is 15.0. The Bertz CT molecular complexity index is 1000. The molecule has 0 aliphatic carbocycles. The van der Waals surface area contributed by atoms with Crippen molar-refractivity contribution in [1.29, 1.82) is 0 Å². The number of morpholine rings is 1. The first-order chi connectivity index (χ1) is 14.1. The molecule has 1 amide bonds. The summed E-state index contributed by atoms with van der Waals surface area (Å²) in [4.78, 5) is 22.1. The summed E-state index contributed by atoms with van der Waals surface area (Å²) < 4.78 is 6.37. The fourth-order valence-electron chi connectivity index (χ4n) is 3.36. The summed E-state index contributed by atoms with van der Waals surface area (Å²) in [6.45, 7) is 4.84. The minimum Gasteiger partial charge on any atom is -0.379 e. The van der Waals surface area contributed by atoms with Crippen LogP contribution >= 0.6 is 34.5 Å². The topological polar surface area (TPSA) is 45.7 Å². The van der Waals surface area contributed by atoms with Gasteiger partial charge in [0.2, 0.25) is 0 Å². The van der Waals surface area contributed by atoms with Crippen LogP contribution in [0.15, 0.2) is 42.5 Å². The van der Waals surface area contributed by atoms with Gasteiger partial charge in [0.05, 0.1) is 33.5 Å². The number of aromatic nitrogens is 1. The van der Waals surface area contributed by atoms with Gasteiger partial charge in [0.15, 0.2) is 5.13 Å². The van der Waals surface area contributed by atoms with Gasteiger partial charge in [0.1, 0.15) is 5.52 Å². The zero-order valence-electron chi connectivity index (χ0n) is 15.8. The first-order valence-electron chi connectivity index (χ1n) is 9.55. The molecule has 152 valence electrons. The van der Waals surface area contributed by atoms with Crippen LogP contribution in [0.1, 0.15) is 16.8 Å². The highest BCUT2D eigenvalue weighted by Crippen LogP contribution is 2.34. The van der Waals surface area contributed by atoms with Crippen molar-refractivity contribution in [3.05, 3.63) is 58.1 Å². The maximum Gasteiger partial charge on any atom is 0.261 e. The number of amides is 1. The first-order valence-corrected chi connectivity index (χ1v) is 11.1. The number of thiazole rings is 1. The van der Waals surface area contributed by atoms with Crippen molar-refractivity contribution in [3.63, 3.8) is 0 Å². The zero-order chi connectivity index (χ0) is 20.2. The number of ether oxygens (including phenoxy) is 1. The zero-order valence-corrected chi connectivity index (χ0v) is 18.1. The fourth-order valence-corrected chi connectivity index (χ4v) is 4.87. The lowest BCUT2D eigenvalue weighted by atomic mass is 10.2. The standard InChI is InChI=1S/C21H21Cl2N3O2S/c22-16-6-2-1-5-15(16)20(27)26(10-4-9-25-11-13-28-14-12-25)21-24-19-17(23)7-3-8-18(19)29-21/h1-3,5-8H,4,9-14H2. The summed E-state index contributed by atoms with van der Waals surface area (Å²) in [6.07, 6.45) is 0.833. The maximum absolute atomic E-state index is 13.4. The van der Waals surface area contributed by atoms with Crippen LogP contribution in [0.2, 0.25) is 10.0 Å². The largest absolute Gasteiger partial charge is 0.379 e. The lowest BCUT2D eigenvalue weighted by Gasteiger charge is -2.27. The summed E-state index contributed by atoms with van der Waals surface area (Å²) >= 11 is 14.1. The Balaban J connectivity index is 1.59. The third kappa shape index (κ3) is 4.73. The molecule has 8 heteroatoms. The lowest BCUT2D eigenvalue weighted by Crippen LogP contribution is -2.39. The van der Waals surface area contributed by atoms with Crippen molar-refractivity contribution in [1.82, 2.24) is 9.88 Å². The average molecular weight is 450 g/mol. The Morgan fingerprint density at radius 1 is 1.10 bits per heavy atom. The second-order valence-corrected chi connectivity index (χ2v) is 8.65. The van der Waals surface area contributed by atoms with Crippen LogP contribution in [0.5, 0.6) is 0 Å². The molecule has 1 fully saturated rings. The second kappa shape index (κ2) is 9.41. The van der Waals surface area contributed by atoms with Crippen molar-refractivity contribution in [3.8, 4) is 0 Å². The van der Waals surface area contributed by atoms with E-state index in [1.54, 1.807) is 17.0 Å². The molecule has 0 unspecified atom stereocenters. The van der Waals surface area contributed by atoms with Gasteiger partial charge in [0, 0.05) is 26.2 Å². The summed E-state index contributed by atoms with van der Waals surface area (Å²) in [5.74, 6) is -0.146. The highest BCUT2D eigenvalue weighted by Gasteiger charge is 2.23. The lowest BCUT2D eigenvalue weighted by molar-refractivity contribution is 0.0376. The number of hydrogen-bond acceptors (Lipinski definition) is 5. The second-order valence-electron chi connectivity index (χ2n) is 6.83. The van der Waals surface area contributed by atoms with Crippen molar-refractivity contribution in [2.24, 2.45) is 0 Å². The third-order valence-corrected chi connectivity index (χ3v) is 6.58. The molecule has 4 rings (SSSR count). The molecule has 2 aromatic carbocycles. The quantitative estimate of drug-likeness (QED) is 0.532. The highest BCUT2D eigenvalue weighted by atomic mass is 35.5. The van der Waals surface area contributed by atoms with Gasteiger partial charge in [0.25, 0.3) is 5.91 Å². The Morgan fingerprint density at radius 2 is 1.86 bits per heavy atom. The number of hydrogen-bond donors (Lipinski definition) is 0. The number of anilines is 1. The van der Waals surface area contributed by atoms with E-state index in [9.17, 15) is 4.79 Å². The molecular weight excluding hydrogens is 429 g/mol. The minimum absolute atomic E-state index is 0.146. The third-order valence-electron chi connectivity index (χ3n) is 4.90. The Morgan fingerprint density at radius 3 is 2.62 bits per heavy atom. The van der Waals surface area contributed by atoms with E-state index in [2.05, 4.69) is 9.88 Å². The molecule has 1 aromatic heterocycles. The van der Waals surface area contributed by atoms with Gasteiger partial charge in [-0.2, -0.15) is 0 Å². The molecule has 3 aromatic rings. The number of carbonyl (C=O) groups excluding carboxylic acids is 1. The molecular formula is C21H21Cl2N3O2S. The summed E-state index contributed by atoms with van der Waals surface area (Å²) in [6, 6.07) is 12.8. The number of fused-ring (bicyclic) bond motifs is 1. The highest BCUT2D eigenvalue weighted by molar-refractivity contribution is 7.22. The molecule has 0 atom stereocenters. The van der Waals surface area contributed by atoms with Crippen LogP contribution in [0.4, 0.5) is 5.13 Å². The van der Waals surface area contributed by atoms with E-state index in [4.69, 9.17) is 27.9 Å². The number of halogens is 2. The maximum atomic E-state index is 13.4. The van der Waals surface area contributed by atoms with Gasteiger partial charge in [-0.15, -0.1) is 0 Å². The van der Waals surface area contributed by atoms with E-state index in [1.807, 2.05) is 30.3 Å². The molecule has 2 heterocycles. The van der Waals surface area contributed by atoms with E-state index in [0.29, 0.717) is 27.3 Å². The molecule has 0 bridgehead atoms. The molecule has 1 aliphatic rings. The molecule has 1 saturated heterocycles. The van der Waals surface area contributed by atoms with E-state index in [0.717, 1.165) is 49.5 Å². The molecule has 0 saturated carbocycles. The Labute approximate surface area is 183 Å². The SMILES string of the molecule is O=C(c1ccccc1Cl)N(CCCN1CCOCC1)c1nc2c(Cl)cccc2s1.